The highest BCUT2D eigenvalue weighted by Crippen LogP contribution is 2.45. The van der Waals surface area contributed by atoms with Crippen molar-refractivity contribution < 1.29 is 10.0 Å². The van der Waals surface area contributed by atoms with E-state index in [4.69, 9.17) is 10.9 Å². The molecule has 1 aliphatic rings. The van der Waals surface area contributed by atoms with Gasteiger partial charge in [-0.25, -0.2) is 0 Å². The summed E-state index contributed by atoms with van der Waals surface area (Å²) in [6, 6.07) is 0.155. The Morgan fingerprint density at radius 2 is 1.86 bits per heavy atom. The molecular formula is C16H31N3O2. The first-order chi connectivity index (χ1) is 9.60. The van der Waals surface area contributed by atoms with Crippen molar-refractivity contribution in [1.29, 1.82) is 0 Å². The number of carbonyl (C=O) groups excluding carboxylic acids is 1. The van der Waals surface area contributed by atoms with Crippen LogP contribution in [0.5, 0.6) is 0 Å². The monoisotopic (exact) mass is 297 g/mol. The van der Waals surface area contributed by atoms with Crippen molar-refractivity contribution in [3.05, 3.63) is 0 Å². The van der Waals surface area contributed by atoms with E-state index in [2.05, 4.69) is 38.2 Å². The number of nitrogens with zero attached hydrogens (tertiary/aromatic N) is 1. The highest BCUT2D eigenvalue weighted by Gasteiger charge is 2.39. The number of carbonyl (C=O) groups is 1. The largest absolute Gasteiger partial charge is 0.409 e. The first-order valence-corrected chi connectivity index (χ1v) is 7.88. The zero-order valence-electron chi connectivity index (χ0n) is 14.1. The van der Waals surface area contributed by atoms with Crippen LogP contribution in [0.3, 0.4) is 0 Å². The van der Waals surface area contributed by atoms with Crippen LogP contribution in [0.1, 0.15) is 66.7 Å². The van der Waals surface area contributed by atoms with Crippen molar-refractivity contribution >= 4 is 11.7 Å². The normalized spacial score (nSPS) is 23.6. The van der Waals surface area contributed by atoms with Gasteiger partial charge in [-0.05, 0) is 36.5 Å². The van der Waals surface area contributed by atoms with Crippen molar-refractivity contribution in [2.75, 3.05) is 0 Å². The van der Waals surface area contributed by atoms with Gasteiger partial charge in [-0.2, -0.15) is 0 Å². The van der Waals surface area contributed by atoms with E-state index in [0.717, 1.165) is 25.7 Å². The Hall–Kier alpha value is -1.26. The van der Waals surface area contributed by atoms with E-state index in [1.807, 2.05) is 6.92 Å². The van der Waals surface area contributed by atoms with Crippen LogP contribution in [-0.4, -0.2) is 23.0 Å². The van der Waals surface area contributed by atoms with Crippen molar-refractivity contribution in [2.24, 2.45) is 27.6 Å². The van der Waals surface area contributed by atoms with Gasteiger partial charge in [-0.3, -0.25) is 4.79 Å². The van der Waals surface area contributed by atoms with Crippen LogP contribution in [-0.2, 0) is 4.79 Å². The van der Waals surface area contributed by atoms with Crippen LogP contribution in [0.25, 0.3) is 0 Å². The topological polar surface area (TPSA) is 87.7 Å². The second kappa shape index (κ2) is 6.67. The molecule has 0 saturated heterocycles. The smallest absolute Gasteiger partial charge is 0.231 e. The van der Waals surface area contributed by atoms with Crippen LogP contribution >= 0.6 is 0 Å². The third-order valence-electron chi connectivity index (χ3n) is 4.27. The zero-order chi connectivity index (χ0) is 16.3. The van der Waals surface area contributed by atoms with Crippen molar-refractivity contribution in [1.82, 2.24) is 5.32 Å². The van der Waals surface area contributed by atoms with Gasteiger partial charge in [0.2, 0.25) is 5.91 Å². The molecule has 1 fully saturated rings. The summed E-state index contributed by atoms with van der Waals surface area (Å²) in [6.07, 6.45) is 4.51. The first-order valence-electron chi connectivity index (χ1n) is 7.88. The van der Waals surface area contributed by atoms with Gasteiger partial charge in [-0.15, -0.1) is 0 Å². The summed E-state index contributed by atoms with van der Waals surface area (Å²) in [6.45, 7) is 11.0. The highest BCUT2D eigenvalue weighted by atomic mass is 16.4. The van der Waals surface area contributed by atoms with Crippen LogP contribution < -0.4 is 11.1 Å². The summed E-state index contributed by atoms with van der Waals surface area (Å²) in [4.78, 5) is 12.4. The second-order valence-corrected chi connectivity index (χ2v) is 7.99. The van der Waals surface area contributed by atoms with Gasteiger partial charge in [0.15, 0.2) is 5.84 Å². The second-order valence-electron chi connectivity index (χ2n) is 7.99. The Bertz CT molecular complexity index is 386. The minimum atomic E-state index is -0.534. The fourth-order valence-electron chi connectivity index (χ4n) is 4.02. The number of rotatable bonds is 5. The SMILES string of the molecule is CCCC(C(=O)NC1CC(C)(C)CC(C)(C)C1)C(N)=NO. The Morgan fingerprint density at radius 3 is 2.29 bits per heavy atom. The Balaban J connectivity index is 2.76. The summed E-state index contributed by atoms with van der Waals surface area (Å²) in [5.74, 6) is -0.650. The number of nitrogens with one attached hydrogen (secondary N) is 1. The van der Waals surface area contributed by atoms with Gasteiger partial charge in [0.05, 0.1) is 5.92 Å². The van der Waals surface area contributed by atoms with Crippen LogP contribution in [0.4, 0.5) is 0 Å². The predicted octanol–water partition coefficient (Wildman–Crippen LogP) is 2.87. The lowest BCUT2D eigenvalue weighted by molar-refractivity contribution is -0.124. The molecule has 1 atom stereocenters. The molecule has 0 aromatic carbocycles. The molecule has 122 valence electrons. The maximum absolute atomic E-state index is 12.4. The molecule has 0 bridgehead atoms. The minimum Gasteiger partial charge on any atom is -0.409 e. The van der Waals surface area contributed by atoms with E-state index in [-0.39, 0.29) is 28.6 Å². The van der Waals surface area contributed by atoms with E-state index in [9.17, 15) is 4.79 Å². The Kier molecular flexibility index (Phi) is 5.65. The van der Waals surface area contributed by atoms with Crippen LogP contribution in [0, 0.1) is 16.7 Å². The van der Waals surface area contributed by atoms with Crippen LogP contribution in [0.15, 0.2) is 5.16 Å². The van der Waals surface area contributed by atoms with Gasteiger partial charge in [-0.1, -0.05) is 46.2 Å². The molecule has 4 N–H and O–H groups in total. The maximum Gasteiger partial charge on any atom is 0.231 e. The van der Waals surface area contributed by atoms with E-state index in [1.165, 1.54) is 0 Å². The van der Waals surface area contributed by atoms with E-state index in [1.54, 1.807) is 0 Å². The van der Waals surface area contributed by atoms with Gasteiger partial charge in [0.25, 0.3) is 0 Å². The molecule has 1 amide bonds. The molecule has 0 heterocycles. The summed E-state index contributed by atoms with van der Waals surface area (Å²) in [5, 5.41) is 15.0. The molecule has 0 aromatic rings. The number of amides is 1. The average molecular weight is 297 g/mol. The average Bonchev–Trinajstić information content (AvgIpc) is 2.30. The molecular weight excluding hydrogens is 266 g/mol. The van der Waals surface area contributed by atoms with Gasteiger partial charge >= 0.3 is 0 Å². The van der Waals surface area contributed by atoms with Crippen molar-refractivity contribution in [3.8, 4) is 0 Å². The lowest BCUT2D eigenvalue weighted by Crippen LogP contribution is -2.49. The standard InChI is InChI=1S/C16H31N3O2/c1-6-7-12(13(17)19-21)14(20)18-11-8-15(2,3)10-16(4,5)9-11/h11-12,21H,6-10H2,1-5H3,(H2,17,19)(H,18,20). The van der Waals surface area contributed by atoms with Crippen molar-refractivity contribution in [2.45, 2.75) is 72.8 Å². The lowest BCUT2D eigenvalue weighted by atomic mass is 9.63. The molecule has 0 radical (unpaired) electrons. The minimum absolute atomic E-state index is 0.00341. The number of oxime groups is 1. The summed E-state index contributed by atoms with van der Waals surface area (Å²) in [5.41, 5.74) is 6.09. The van der Waals surface area contributed by atoms with Gasteiger partial charge < -0.3 is 16.3 Å². The number of amidine groups is 1. The number of nitrogens with two attached hydrogens (primary N) is 1. The maximum atomic E-state index is 12.4. The molecule has 1 aliphatic carbocycles. The quantitative estimate of drug-likeness (QED) is 0.315. The molecule has 5 nitrogen and oxygen atoms in total. The van der Waals surface area contributed by atoms with Crippen molar-refractivity contribution in [3.63, 3.8) is 0 Å². The summed E-state index contributed by atoms with van der Waals surface area (Å²) in [7, 11) is 0. The Labute approximate surface area is 128 Å². The molecule has 1 rings (SSSR count). The third-order valence-corrected chi connectivity index (χ3v) is 4.27. The molecule has 0 aliphatic heterocycles. The third kappa shape index (κ3) is 5.21. The van der Waals surface area contributed by atoms with E-state index >= 15 is 0 Å². The number of hydrogen-bond donors (Lipinski definition) is 3. The first kappa shape index (κ1) is 17.8. The van der Waals surface area contributed by atoms with Gasteiger partial charge in [0.1, 0.15) is 0 Å². The summed E-state index contributed by atoms with van der Waals surface area (Å²) >= 11 is 0. The molecule has 5 heteroatoms. The summed E-state index contributed by atoms with van der Waals surface area (Å²) < 4.78 is 0. The molecule has 21 heavy (non-hydrogen) atoms. The van der Waals surface area contributed by atoms with E-state index in [0.29, 0.717) is 6.42 Å². The molecule has 1 saturated carbocycles. The fraction of sp³-hybridized carbons (Fsp3) is 0.875. The molecule has 1 unspecified atom stereocenters. The Morgan fingerprint density at radius 1 is 1.33 bits per heavy atom. The number of hydrogen-bond acceptors (Lipinski definition) is 3. The highest BCUT2D eigenvalue weighted by molar-refractivity contribution is 6.02. The van der Waals surface area contributed by atoms with Gasteiger partial charge in [0, 0.05) is 6.04 Å². The molecule has 0 aromatic heterocycles. The predicted molar refractivity (Wildman–Crippen MR) is 85.2 cm³/mol. The zero-order valence-corrected chi connectivity index (χ0v) is 14.1. The molecule has 0 spiro atoms. The van der Waals surface area contributed by atoms with E-state index < -0.39 is 5.92 Å². The lowest BCUT2D eigenvalue weighted by Gasteiger charge is -2.45. The van der Waals surface area contributed by atoms with Crippen LogP contribution in [0.2, 0.25) is 0 Å². The fourth-order valence-corrected chi connectivity index (χ4v) is 4.02.